The van der Waals surface area contributed by atoms with Crippen molar-refractivity contribution >= 4 is 29.1 Å². The Kier molecular flexibility index (Phi) is 14.4. The SMILES string of the molecule is C/C=C(/C)[C@@H]([C@@H](CC(=O)N1CCC[C@H]1[C@H](OC)[C@@H](C)C(=O)N[C@@H](Cc1ccccc1)c1nccs1)OC)N(C)C(=O)[C@@H](N)C(C)C. The molecule has 2 aromatic rings. The lowest BCUT2D eigenvalue weighted by Crippen LogP contribution is -2.54. The van der Waals surface area contributed by atoms with Crippen LogP contribution in [0, 0.1) is 11.8 Å². The standard InChI is InChI=1S/C35H53N5O5S/c1-9-23(4)31(39(6)35(43)30(36)22(2)3)28(44-7)21-29(41)40-18-13-16-27(40)32(45-8)24(5)33(42)38-26(34-37-17-19-46-34)20-25-14-11-10-12-15-25/h9-12,14-15,17,19,22,24,26-28,30-32H,13,16,18,20-21,36H2,1-8H3,(H,38,42)/b23-9-/t24-,26+,27+,28-,30+,31+,32-/m1/s1. The number of nitrogens with two attached hydrogens (primary N) is 1. The molecule has 0 saturated carbocycles. The van der Waals surface area contributed by atoms with E-state index in [0.29, 0.717) is 13.0 Å². The van der Waals surface area contributed by atoms with Crippen LogP contribution in [0.25, 0.3) is 0 Å². The quantitative estimate of drug-likeness (QED) is 0.257. The van der Waals surface area contributed by atoms with E-state index in [0.717, 1.165) is 29.0 Å². The minimum Gasteiger partial charge on any atom is -0.378 e. The zero-order valence-electron chi connectivity index (χ0n) is 28.6. The summed E-state index contributed by atoms with van der Waals surface area (Å²) in [6, 6.07) is 8.33. The average Bonchev–Trinajstić information content (AvgIpc) is 3.77. The maximum absolute atomic E-state index is 14.0. The maximum Gasteiger partial charge on any atom is 0.240 e. The van der Waals surface area contributed by atoms with Crippen LogP contribution < -0.4 is 11.1 Å². The fourth-order valence-corrected chi connectivity index (χ4v) is 7.03. The van der Waals surface area contributed by atoms with Crippen LogP contribution >= 0.6 is 11.3 Å². The summed E-state index contributed by atoms with van der Waals surface area (Å²) in [6.07, 6.45) is 4.78. The fourth-order valence-electron chi connectivity index (χ4n) is 6.34. The number of amides is 3. The number of aromatic nitrogens is 1. The number of rotatable bonds is 16. The van der Waals surface area contributed by atoms with Crippen molar-refractivity contribution in [3.8, 4) is 0 Å². The number of benzene rings is 1. The molecule has 254 valence electrons. The molecule has 10 nitrogen and oxygen atoms in total. The van der Waals surface area contributed by atoms with Crippen LogP contribution in [0.15, 0.2) is 53.6 Å². The molecule has 1 aromatic heterocycles. The van der Waals surface area contributed by atoms with E-state index in [1.54, 1.807) is 32.4 Å². The number of nitrogens with zero attached hydrogens (tertiary/aromatic N) is 3. The molecule has 1 fully saturated rings. The molecule has 7 atom stereocenters. The van der Waals surface area contributed by atoms with Gasteiger partial charge in [0.2, 0.25) is 17.7 Å². The Hall–Kier alpha value is -3.12. The highest BCUT2D eigenvalue weighted by molar-refractivity contribution is 7.09. The van der Waals surface area contributed by atoms with E-state index in [4.69, 9.17) is 15.2 Å². The van der Waals surface area contributed by atoms with Gasteiger partial charge in [-0.15, -0.1) is 11.3 Å². The van der Waals surface area contributed by atoms with Crippen LogP contribution in [-0.4, -0.2) is 90.7 Å². The first-order valence-electron chi connectivity index (χ1n) is 16.2. The highest BCUT2D eigenvalue weighted by Crippen LogP contribution is 2.30. The van der Waals surface area contributed by atoms with E-state index in [1.165, 1.54) is 11.3 Å². The molecule has 0 spiro atoms. The van der Waals surface area contributed by atoms with E-state index < -0.39 is 30.2 Å². The summed E-state index contributed by atoms with van der Waals surface area (Å²) >= 11 is 1.51. The van der Waals surface area contributed by atoms with E-state index in [1.807, 2.05) is 81.3 Å². The first-order chi connectivity index (χ1) is 21.9. The summed E-state index contributed by atoms with van der Waals surface area (Å²) in [4.78, 5) is 48.9. The number of nitrogens with one attached hydrogen (secondary N) is 1. The number of hydrogen-bond acceptors (Lipinski definition) is 8. The zero-order chi connectivity index (χ0) is 34.0. The van der Waals surface area contributed by atoms with Crippen molar-refractivity contribution in [2.24, 2.45) is 17.6 Å². The lowest BCUT2D eigenvalue weighted by molar-refractivity contribution is -0.144. The average molecular weight is 656 g/mol. The molecule has 1 saturated heterocycles. The van der Waals surface area contributed by atoms with Gasteiger partial charge >= 0.3 is 0 Å². The third kappa shape index (κ3) is 9.24. The molecule has 3 N–H and O–H groups in total. The van der Waals surface area contributed by atoms with E-state index in [9.17, 15) is 14.4 Å². The maximum atomic E-state index is 14.0. The summed E-state index contributed by atoms with van der Waals surface area (Å²) in [5, 5.41) is 5.96. The highest BCUT2D eigenvalue weighted by Gasteiger charge is 2.42. The van der Waals surface area contributed by atoms with Crippen LogP contribution in [0.5, 0.6) is 0 Å². The van der Waals surface area contributed by atoms with E-state index in [2.05, 4.69) is 10.3 Å². The van der Waals surface area contributed by atoms with Crippen LogP contribution in [0.4, 0.5) is 0 Å². The predicted molar refractivity (Wildman–Crippen MR) is 182 cm³/mol. The van der Waals surface area contributed by atoms with Crippen LogP contribution in [0.3, 0.4) is 0 Å². The zero-order valence-corrected chi connectivity index (χ0v) is 29.5. The summed E-state index contributed by atoms with van der Waals surface area (Å²) in [5.41, 5.74) is 8.24. The van der Waals surface area contributed by atoms with Crippen molar-refractivity contribution in [2.75, 3.05) is 27.8 Å². The molecular weight excluding hydrogens is 602 g/mol. The summed E-state index contributed by atoms with van der Waals surface area (Å²) < 4.78 is 11.9. The number of likely N-dealkylation sites (N-methyl/N-ethyl adjacent to an activating group) is 1. The normalized spacial score (nSPS) is 19.3. The molecular formula is C35H53N5O5S. The molecule has 0 unspecified atom stereocenters. The fraction of sp³-hybridized carbons (Fsp3) is 0.600. The number of hydrogen-bond donors (Lipinski definition) is 2. The smallest absolute Gasteiger partial charge is 0.240 e. The third-order valence-electron chi connectivity index (χ3n) is 9.25. The first-order valence-corrected chi connectivity index (χ1v) is 17.1. The van der Waals surface area contributed by atoms with Gasteiger partial charge in [0.25, 0.3) is 0 Å². The number of carbonyl (C=O) groups is 3. The van der Waals surface area contributed by atoms with E-state index >= 15 is 0 Å². The molecule has 0 bridgehead atoms. The Balaban J connectivity index is 1.76. The Morgan fingerprint density at radius 1 is 1.17 bits per heavy atom. The first kappa shape index (κ1) is 37.3. The third-order valence-corrected chi connectivity index (χ3v) is 10.1. The van der Waals surface area contributed by atoms with Crippen molar-refractivity contribution in [3.63, 3.8) is 0 Å². The Morgan fingerprint density at radius 3 is 2.43 bits per heavy atom. The van der Waals surface area contributed by atoms with Crippen molar-refractivity contribution in [2.45, 2.75) is 96.7 Å². The van der Waals surface area contributed by atoms with Gasteiger partial charge in [-0.05, 0) is 44.6 Å². The second-order valence-electron chi connectivity index (χ2n) is 12.6. The minimum absolute atomic E-state index is 0.0325. The van der Waals surface area contributed by atoms with Gasteiger partial charge in [-0.25, -0.2) is 4.98 Å². The summed E-state index contributed by atoms with van der Waals surface area (Å²) in [7, 11) is 4.88. The number of allylic oxidation sites excluding steroid dienone is 1. The number of likely N-dealkylation sites (tertiary alicyclic amines) is 1. The van der Waals surface area contributed by atoms with Gasteiger partial charge in [-0.1, -0.05) is 62.8 Å². The van der Waals surface area contributed by atoms with Crippen molar-refractivity contribution in [1.82, 2.24) is 20.1 Å². The van der Waals surface area contributed by atoms with Gasteiger partial charge in [-0.3, -0.25) is 14.4 Å². The number of thiazole rings is 1. The molecule has 1 aromatic carbocycles. The molecule has 1 aliphatic rings. The monoisotopic (exact) mass is 655 g/mol. The summed E-state index contributed by atoms with van der Waals surface area (Å²) in [5.74, 6) is -1.01. The number of ether oxygens (including phenoxy) is 2. The molecule has 2 heterocycles. The summed E-state index contributed by atoms with van der Waals surface area (Å²) in [6.45, 7) is 10.1. The Morgan fingerprint density at radius 2 is 1.87 bits per heavy atom. The topological polar surface area (TPSA) is 127 Å². The van der Waals surface area contributed by atoms with Crippen LogP contribution in [-0.2, 0) is 30.3 Å². The van der Waals surface area contributed by atoms with Crippen molar-refractivity contribution in [1.29, 1.82) is 0 Å². The molecule has 3 rings (SSSR count). The van der Waals surface area contributed by atoms with Crippen molar-refractivity contribution < 1.29 is 23.9 Å². The molecule has 11 heteroatoms. The Labute approximate surface area is 278 Å². The molecule has 0 radical (unpaired) electrons. The van der Waals surface area contributed by atoms with E-state index in [-0.39, 0.29) is 42.1 Å². The van der Waals surface area contributed by atoms with Gasteiger partial charge in [-0.2, -0.15) is 0 Å². The molecule has 3 amide bonds. The number of carbonyl (C=O) groups excluding carboxylic acids is 3. The molecule has 0 aliphatic carbocycles. The molecule has 46 heavy (non-hydrogen) atoms. The van der Waals surface area contributed by atoms with Gasteiger partial charge in [0.1, 0.15) is 5.01 Å². The molecule has 1 aliphatic heterocycles. The lowest BCUT2D eigenvalue weighted by atomic mass is 9.93. The number of methoxy groups -OCH3 is 2. The lowest BCUT2D eigenvalue weighted by Gasteiger charge is -2.38. The second-order valence-corrected chi connectivity index (χ2v) is 13.5. The van der Waals surface area contributed by atoms with Gasteiger partial charge in [0.15, 0.2) is 0 Å². The van der Waals surface area contributed by atoms with Gasteiger partial charge in [0, 0.05) is 39.4 Å². The van der Waals surface area contributed by atoms with Gasteiger partial charge in [0.05, 0.1) is 48.7 Å². The Bertz CT molecular complexity index is 1290. The minimum atomic E-state index is -0.661. The predicted octanol–water partition coefficient (Wildman–Crippen LogP) is 4.37. The second kappa shape index (κ2) is 17.7. The van der Waals surface area contributed by atoms with Crippen LogP contribution in [0.2, 0.25) is 0 Å². The highest BCUT2D eigenvalue weighted by atomic mass is 32.1. The van der Waals surface area contributed by atoms with Crippen molar-refractivity contribution in [3.05, 3.63) is 64.1 Å². The largest absolute Gasteiger partial charge is 0.378 e. The van der Waals surface area contributed by atoms with Gasteiger partial charge < -0.3 is 30.3 Å². The van der Waals surface area contributed by atoms with Crippen LogP contribution in [0.1, 0.15) is 70.5 Å².